The molecule has 3 heterocycles. The zero-order valence-electron chi connectivity index (χ0n) is 19.7. The van der Waals surface area contributed by atoms with Gasteiger partial charge in [0.05, 0.1) is 65.4 Å². The summed E-state index contributed by atoms with van der Waals surface area (Å²) in [5.74, 6) is -0.455. The Hall–Kier alpha value is -3.25. The number of amides is 1. The molecule has 9 heteroatoms. The van der Waals surface area contributed by atoms with Gasteiger partial charge in [0.1, 0.15) is 0 Å². The van der Waals surface area contributed by atoms with Crippen molar-refractivity contribution in [3.63, 3.8) is 0 Å². The van der Waals surface area contributed by atoms with E-state index in [1.807, 2.05) is 41.1 Å². The van der Waals surface area contributed by atoms with E-state index in [2.05, 4.69) is 21.5 Å². The number of hydrogen-bond donors (Lipinski definition) is 1. The Morgan fingerprint density at radius 3 is 2.39 bits per heavy atom. The lowest BCUT2D eigenvalue weighted by atomic mass is 9.70. The highest BCUT2D eigenvalue weighted by atomic mass is 35.5. The number of carbonyl (C=O) groups excluding carboxylic acids is 1. The maximum atomic E-state index is 13.2. The molecule has 6 rings (SSSR count). The largest absolute Gasteiger partial charge is 0.348 e. The van der Waals surface area contributed by atoms with Gasteiger partial charge in [-0.1, -0.05) is 11.6 Å². The van der Waals surface area contributed by atoms with E-state index < -0.39 is 11.2 Å². The molecule has 1 aliphatic heterocycles. The number of anilines is 1. The number of hydrogen-bond acceptors (Lipinski definition) is 6. The maximum Gasteiger partial charge on any atom is 0.259 e. The van der Waals surface area contributed by atoms with E-state index in [0.29, 0.717) is 66.8 Å². The number of ether oxygens (including phenoxy) is 2. The number of nitriles is 1. The fraction of sp³-hybridized carbons (Fsp3) is 0.407. The SMILES string of the molecule is N#CC1(c2ccc(NC(=O)c3cnn(-c4ccc(Cl)cc4)c3C3CC3)cn2)CCC2(CC1)OCCO2. The molecule has 0 radical (unpaired) electrons. The Labute approximate surface area is 214 Å². The van der Waals surface area contributed by atoms with Crippen LogP contribution in [0.25, 0.3) is 5.69 Å². The van der Waals surface area contributed by atoms with Crippen molar-refractivity contribution in [3.05, 3.63) is 70.8 Å². The second-order valence-corrected chi connectivity index (χ2v) is 10.2. The number of nitrogens with zero attached hydrogens (tertiary/aromatic N) is 4. The van der Waals surface area contributed by atoms with Gasteiger partial charge < -0.3 is 14.8 Å². The topological polar surface area (TPSA) is 102 Å². The Morgan fingerprint density at radius 1 is 1.06 bits per heavy atom. The molecule has 2 saturated carbocycles. The lowest BCUT2D eigenvalue weighted by Gasteiger charge is -2.39. The van der Waals surface area contributed by atoms with E-state index in [-0.39, 0.29) is 5.91 Å². The van der Waals surface area contributed by atoms with Crippen LogP contribution in [0.3, 0.4) is 0 Å². The van der Waals surface area contributed by atoms with Crippen LogP contribution in [0.4, 0.5) is 5.69 Å². The van der Waals surface area contributed by atoms with Gasteiger partial charge in [0.2, 0.25) is 0 Å². The molecule has 2 aliphatic carbocycles. The van der Waals surface area contributed by atoms with Crippen LogP contribution < -0.4 is 5.32 Å². The van der Waals surface area contributed by atoms with E-state index in [1.165, 1.54) is 0 Å². The molecule has 1 N–H and O–H groups in total. The Bertz CT molecular complexity index is 1310. The van der Waals surface area contributed by atoms with Crippen LogP contribution in [0.2, 0.25) is 5.02 Å². The molecule has 184 valence electrons. The minimum atomic E-state index is -0.679. The standard InChI is InChI=1S/C27H26ClN5O3/c28-19-3-6-21(7-4-19)33-24(18-1-2-18)22(16-31-33)25(34)32-20-5-8-23(30-15-20)26(17-29)9-11-27(12-10-26)35-13-14-36-27/h3-8,15-16,18H,1-2,9-14H2,(H,32,34). The molecule has 2 aromatic heterocycles. The van der Waals surface area contributed by atoms with Crippen LogP contribution >= 0.6 is 11.6 Å². The molecule has 0 atom stereocenters. The molecule has 3 fully saturated rings. The number of nitrogens with one attached hydrogen (secondary N) is 1. The first-order chi connectivity index (χ1) is 17.5. The minimum absolute atomic E-state index is 0.225. The lowest BCUT2D eigenvalue weighted by Crippen LogP contribution is -2.41. The van der Waals surface area contributed by atoms with Crippen LogP contribution in [-0.4, -0.2) is 39.7 Å². The minimum Gasteiger partial charge on any atom is -0.348 e. The summed E-state index contributed by atoms with van der Waals surface area (Å²) in [6, 6.07) is 13.6. The van der Waals surface area contributed by atoms with Gasteiger partial charge in [-0.25, -0.2) is 4.68 Å². The highest BCUT2D eigenvalue weighted by molar-refractivity contribution is 6.30. The summed E-state index contributed by atoms with van der Waals surface area (Å²) >= 11 is 6.04. The summed E-state index contributed by atoms with van der Waals surface area (Å²) < 4.78 is 13.5. The predicted octanol–water partition coefficient (Wildman–Crippen LogP) is 5.13. The highest BCUT2D eigenvalue weighted by Crippen LogP contribution is 2.46. The van der Waals surface area contributed by atoms with Gasteiger partial charge in [0.25, 0.3) is 5.91 Å². The summed E-state index contributed by atoms with van der Waals surface area (Å²) in [4.78, 5) is 17.8. The maximum absolute atomic E-state index is 13.2. The fourth-order valence-corrected chi connectivity index (χ4v) is 5.41. The van der Waals surface area contributed by atoms with Crippen LogP contribution in [0, 0.1) is 11.3 Å². The molecular weight excluding hydrogens is 478 g/mol. The van der Waals surface area contributed by atoms with E-state index in [9.17, 15) is 10.1 Å². The molecule has 3 aromatic rings. The van der Waals surface area contributed by atoms with Gasteiger partial charge in [0.15, 0.2) is 5.79 Å². The molecule has 0 bridgehead atoms. The van der Waals surface area contributed by atoms with Crippen molar-refractivity contribution in [3.8, 4) is 11.8 Å². The quantitative estimate of drug-likeness (QED) is 0.518. The van der Waals surface area contributed by atoms with E-state index in [0.717, 1.165) is 24.2 Å². The van der Waals surface area contributed by atoms with Crippen molar-refractivity contribution < 1.29 is 14.3 Å². The summed E-state index contributed by atoms with van der Waals surface area (Å²) in [5.41, 5.74) is 2.95. The van der Waals surface area contributed by atoms with Crippen LogP contribution in [-0.2, 0) is 14.9 Å². The highest BCUT2D eigenvalue weighted by Gasteiger charge is 2.48. The summed E-state index contributed by atoms with van der Waals surface area (Å²) in [5, 5.41) is 18.1. The Balaban J connectivity index is 1.19. The number of rotatable bonds is 5. The third-order valence-corrected chi connectivity index (χ3v) is 7.74. The fourth-order valence-electron chi connectivity index (χ4n) is 5.29. The average Bonchev–Trinajstić information content (AvgIpc) is 3.48. The molecule has 1 aromatic carbocycles. The number of benzene rings is 1. The van der Waals surface area contributed by atoms with Gasteiger partial charge in [0, 0.05) is 23.8 Å². The third-order valence-electron chi connectivity index (χ3n) is 7.49. The van der Waals surface area contributed by atoms with Crippen molar-refractivity contribution in [2.45, 2.75) is 55.6 Å². The van der Waals surface area contributed by atoms with Crippen molar-refractivity contribution in [2.75, 3.05) is 18.5 Å². The Kier molecular flexibility index (Phi) is 5.79. The normalized spacial score (nSPS) is 20.2. The molecular formula is C27H26ClN5O3. The smallest absolute Gasteiger partial charge is 0.259 e. The predicted molar refractivity (Wildman–Crippen MR) is 133 cm³/mol. The zero-order valence-corrected chi connectivity index (χ0v) is 20.5. The number of carbonyl (C=O) groups is 1. The van der Waals surface area contributed by atoms with Crippen molar-refractivity contribution >= 4 is 23.2 Å². The monoisotopic (exact) mass is 503 g/mol. The zero-order chi connectivity index (χ0) is 24.8. The van der Waals surface area contributed by atoms with Crippen molar-refractivity contribution in [1.82, 2.24) is 14.8 Å². The van der Waals surface area contributed by atoms with Gasteiger partial charge in [-0.3, -0.25) is 9.78 Å². The van der Waals surface area contributed by atoms with Gasteiger partial charge >= 0.3 is 0 Å². The van der Waals surface area contributed by atoms with Gasteiger partial charge in [-0.05, 0) is 62.1 Å². The molecule has 1 spiro atoms. The van der Waals surface area contributed by atoms with Crippen molar-refractivity contribution in [1.29, 1.82) is 5.26 Å². The summed E-state index contributed by atoms with van der Waals surface area (Å²) in [6.45, 7) is 1.21. The first-order valence-electron chi connectivity index (χ1n) is 12.3. The molecule has 3 aliphatic rings. The van der Waals surface area contributed by atoms with Crippen LogP contribution in [0.15, 0.2) is 48.8 Å². The molecule has 36 heavy (non-hydrogen) atoms. The lowest BCUT2D eigenvalue weighted by molar-refractivity contribution is -0.182. The molecule has 0 unspecified atom stereocenters. The van der Waals surface area contributed by atoms with Gasteiger partial charge in [-0.2, -0.15) is 10.4 Å². The van der Waals surface area contributed by atoms with E-state index in [1.54, 1.807) is 12.4 Å². The summed E-state index contributed by atoms with van der Waals surface area (Å²) in [7, 11) is 0. The van der Waals surface area contributed by atoms with Crippen molar-refractivity contribution in [2.24, 2.45) is 0 Å². The number of halogens is 1. The Morgan fingerprint density at radius 2 is 1.78 bits per heavy atom. The second kappa shape index (κ2) is 9.00. The third kappa shape index (κ3) is 4.17. The number of pyridine rings is 1. The van der Waals surface area contributed by atoms with Crippen LogP contribution in [0.1, 0.15) is 66.2 Å². The molecule has 8 nitrogen and oxygen atoms in total. The first-order valence-corrected chi connectivity index (χ1v) is 12.7. The van der Waals surface area contributed by atoms with E-state index in [4.69, 9.17) is 21.1 Å². The van der Waals surface area contributed by atoms with Crippen LogP contribution in [0.5, 0.6) is 0 Å². The second-order valence-electron chi connectivity index (χ2n) is 9.79. The van der Waals surface area contributed by atoms with E-state index >= 15 is 0 Å². The first kappa shape index (κ1) is 23.2. The molecule has 1 amide bonds. The number of aromatic nitrogens is 3. The van der Waals surface area contributed by atoms with Gasteiger partial charge in [-0.15, -0.1) is 0 Å². The summed E-state index contributed by atoms with van der Waals surface area (Å²) in [6.07, 6.45) is 7.89. The molecule has 1 saturated heterocycles. The average molecular weight is 504 g/mol.